The van der Waals surface area contributed by atoms with Crippen LogP contribution in [0.25, 0.3) is 21.5 Å². The van der Waals surface area contributed by atoms with E-state index in [2.05, 4.69) is 30.9 Å². The van der Waals surface area contributed by atoms with Gasteiger partial charge in [-0.15, -0.1) is 0 Å². The van der Waals surface area contributed by atoms with Crippen LogP contribution in [0, 0.1) is 12.7 Å². The Kier molecular flexibility index (Phi) is 5.80. The number of fused-ring (bicyclic) bond motifs is 2. The van der Waals surface area contributed by atoms with Crippen molar-refractivity contribution in [3.8, 4) is 16.9 Å². The number of halogens is 1. The highest BCUT2D eigenvalue weighted by molar-refractivity contribution is 7.21. The largest absolute Gasteiger partial charge is 0.491 e. The van der Waals surface area contributed by atoms with Crippen molar-refractivity contribution >= 4 is 38.6 Å². The topological polar surface area (TPSA) is 116 Å². The third kappa shape index (κ3) is 4.63. The van der Waals surface area contributed by atoms with E-state index in [-0.39, 0.29) is 11.8 Å². The second-order valence-electron chi connectivity index (χ2n) is 8.97. The van der Waals surface area contributed by atoms with E-state index in [1.807, 2.05) is 31.3 Å². The minimum atomic E-state index is -0.265. The predicted molar refractivity (Wildman–Crippen MR) is 144 cm³/mol. The van der Waals surface area contributed by atoms with Crippen molar-refractivity contribution in [2.45, 2.75) is 19.9 Å². The number of nitrogens with two attached hydrogens (primary N) is 2. The molecule has 0 saturated heterocycles. The summed E-state index contributed by atoms with van der Waals surface area (Å²) < 4.78 is 19.6. The van der Waals surface area contributed by atoms with E-state index in [9.17, 15) is 4.39 Å². The smallest absolute Gasteiger partial charge is 0.222 e. The lowest BCUT2D eigenvalue weighted by Crippen LogP contribution is -2.28. The van der Waals surface area contributed by atoms with E-state index >= 15 is 0 Å². The van der Waals surface area contributed by atoms with Gasteiger partial charge in [-0.1, -0.05) is 29.5 Å². The highest BCUT2D eigenvalue weighted by Gasteiger charge is 2.22. The van der Waals surface area contributed by atoms with Crippen molar-refractivity contribution in [2.75, 3.05) is 29.5 Å². The van der Waals surface area contributed by atoms with Crippen molar-refractivity contribution < 1.29 is 9.13 Å². The molecular formula is C27H24FN7OS. The number of aryl methyl sites for hydroxylation is 1. The molecule has 0 atom stereocenters. The lowest BCUT2D eigenvalue weighted by atomic mass is 10.0. The standard InChI is InChI=1S/C27H24FN7OS/c1-15-21(10-16-2-5-20(28)6-3-16)24(34-26(29)32-15)35-8-9-36-23-7-4-17(11-19(23)14-35)18-12-22-25(31-13-18)37-27(30)33-22/h2-7,11-13H,8-10,14H2,1H3,(H2,30,33)(H2,29,32,34). The van der Waals surface area contributed by atoms with E-state index in [1.165, 1.54) is 23.5 Å². The number of hydrogen-bond acceptors (Lipinski definition) is 9. The number of hydrogen-bond donors (Lipinski definition) is 2. The molecule has 10 heteroatoms. The van der Waals surface area contributed by atoms with Gasteiger partial charge in [-0.05, 0) is 48.4 Å². The average molecular weight is 514 g/mol. The molecule has 4 heterocycles. The molecule has 5 aromatic rings. The normalized spacial score (nSPS) is 13.3. The van der Waals surface area contributed by atoms with Gasteiger partial charge in [0.25, 0.3) is 0 Å². The second-order valence-corrected chi connectivity index (χ2v) is 9.97. The van der Waals surface area contributed by atoms with Gasteiger partial charge in [-0.3, -0.25) is 0 Å². The van der Waals surface area contributed by atoms with Crippen LogP contribution in [-0.2, 0) is 13.0 Å². The van der Waals surface area contributed by atoms with Gasteiger partial charge in [-0.2, -0.15) is 4.98 Å². The van der Waals surface area contributed by atoms with E-state index in [0.29, 0.717) is 31.2 Å². The molecule has 0 radical (unpaired) electrons. The van der Waals surface area contributed by atoms with Gasteiger partial charge in [0.1, 0.15) is 34.3 Å². The highest BCUT2D eigenvalue weighted by atomic mass is 32.1. The Morgan fingerprint density at radius 3 is 2.70 bits per heavy atom. The maximum Gasteiger partial charge on any atom is 0.222 e. The fourth-order valence-corrected chi connectivity index (χ4v) is 5.29. The molecule has 0 aliphatic carbocycles. The summed E-state index contributed by atoms with van der Waals surface area (Å²) in [5, 5.41) is 0.501. The van der Waals surface area contributed by atoms with Crippen molar-refractivity contribution in [3.05, 3.63) is 82.9 Å². The quantitative estimate of drug-likeness (QED) is 0.354. The Morgan fingerprint density at radius 1 is 1.03 bits per heavy atom. The van der Waals surface area contributed by atoms with Crippen LogP contribution in [0.2, 0.25) is 0 Å². The monoisotopic (exact) mass is 513 g/mol. The van der Waals surface area contributed by atoms with Crippen LogP contribution in [0.3, 0.4) is 0 Å². The number of aromatic nitrogens is 4. The summed E-state index contributed by atoms with van der Waals surface area (Å²) in [5.74, 6) is 1.55. The number of nitrogens with zero attached hydrogens (tertiary/aromatic N) is 5. The summed E-state index contributed by atoms with van der Waals surface area (Å²) in [4.78, 5) is 20.9. The molecule has 8 nitrogen and oxygen atoms in total. The van der Waals surface area contributed by atoms with Crippen molar-refractivity contribution in [1.82, 2.24) is 19.9 Å². The van der Waals surface area contributed by atoms with Gasteiger partial charge >= 0.3 is 0 Å². The van der Waals surface area contributed by atoms with Gasteiger partial charge in [0.2, 0.25) is 5.95 Å². The summed E-state index contributed by atoms with van der Waals surface area (Å²) in [5.41, 5.74) is 18.4. The number of pyridine rings is 1. The van der Waals surface area contributed by atoms with Gasteiger partial charge in [0, 0.05) is 41.5 Å². The maximum atomic E-state index is 13.5. The number of anilines is 3. The molecule has 1 aliphatic heterocycles. The summed E-state index contributed by atoms with van der Waals surface area (Å²) in [6.07, 6.45) is 2.40. The zero-order chi connectivity index (χ0) is 25.5. The Morgan fingerprint density at radius 2 is 1.86 bits per heavy atom. The minimum Gasteiger partial charge on any atom is -0.491 e. The molecule has 186 valence electrons. The fraction of sp³-hybridized carbons (Fsp3) is 0.185. The molecular weight excluding hydrogens is 489 g/mol. The number of benzene rings is 2. The number of thiazole rings is 1. The van der Waals surface area contributed by atoms with Crippen LogP contribution >= 0.6 is 11.3 Å². The van der Waals surface area contributed by atoms with Gasteiger partial charge in [0.05, 0.1) is 6.54 Å². The Bertz CT molecular complexity index is 1620. The van der Waals surface area contributed by atoms with Crippen LogP contribution in [0.1, 0.15) is 22.4 Å². The first-order valence-electron chi connectivity index (χ1n) is 11.8. The van der Waals surface area contributed by atoms with Gasteiger partial charge in [0.15, 0.2) is 5.13 Å². The molecule has 0 fully saturated rings. The van der Waals surface area contributed by atoms with Crippen molar-refractivity contribution in [1.29, 1.82) is 0 Å². The summed E-state index contributed by atoms with van der Waals surface area (Å²) in [7, 11) is 0. The minimum absolute atomic E-state index is 0.219. The maximum absolute atomic E-state index is 13.5. The summed E-state index contributed by atoms with van der Waals surface area (Å²) in [6, 6.07) is 14.6. The molecule has 2 aromatic carbocycles. The first kappa shape index (κ1) is 23.1. The van der Waals surface area contributed by atoms with Gasteiger partial charge in [-0.25, -0.2) is 19.3 Å². The lowest BCUT2D eigenvalue weighted by molar-refractivity contribution is 0.331. The molecule has 6 rings (SSSR count). The number of rotatable bonds is 4. The van der Waals surface area contributed by atoms with Crippen LogP contribution in [0.15, 0.2) is 54.7 Å². The fourth-order valence-electron chi connectivity index (χ4n) is 4.63. The molecule has 0 unspecified atom stereocenters. The SMILES string of the molecule is Cc1nc(N)nc(N2CCOc3ccc(-c4cnc5sc(N)nc5c4)cc3C2)c1Cc1ccc(F)cc1. The Labute approximate surface area is 216 Å². The third-order valence-corrected chi connectivity index (χ3v) is 7.25. The molecule has 4 N–H and O–H groups in total. The second kappa shape index (κ2) is 9.29. The first-order chi connectivity index (χ1) is 17.9. The van der Waals surface area contributed by atoms with E-state index < -0.39 is 0 Å². The predicted octanol–water partition coefficient (Wildman–Crippen LogP) is 4.75. The van der Waals surface area contributed by atoms with Crippen LogP contribution in [-0.4, -0.2) is 33.1 Å². The molecule has 37 heavy (non-hydrogen) atoms. The van der Waals surface area contributed by atoms with Crippen LogP contribution in [0.4, 0.5) is 21.3 Å². The molecule has 3 aromatic heterocycles. The Balaban J connectivity index is 1.36. The molecule has 0 spiro atoms. The summed E-state index contributed by atoms with van der Waals surface area (Å²) >= 11 is 1.37. The third-order valence-electron chi connectivity index (χ3n) is 6.44. The van der Waals surface area contributed by atoms with Gasteiger partial charge < -0.3 is 21.1 Å². The van der Waals surface area contributed by atoms with E-state index in [1.54, 1.807) is 12.1 Å². The van der Waals surface area contributed by atoms with Crippen LogP contribution < -0.4 is 21.1 Å². The average Bonchev–Trinajstić information content (AvgIpc) is 3.12. The van der Waals surface area contributed by atoms with E-state index in [0.717, 1.165) is 55.4 Å². The summed E-state index contributed by atoms with van der Waals surface area (Å²) in [6.45, 7) is 3.63. The van der Waals surface area contributed by atoms with Crippen molar-refractivity contribution in [3.63, 3.8) is 0 Å². The lowest BCUT2D eigenvalue weighted by Gasteiger charge is -2.25. The van der Waals surface area contributed by atoms with E-state index in [4.69, 9.17) is 16.2 Å². The highest BCUT2D eigenvalue weighted by Crippen LogP contribution is 2.34. The zero-order valence-corrected chi connectivity index (χ0v) is 20.9. The molecule has 0 amide bonds. The zero-order valence-electron chi connectivity index (χ0n) is 20.1. The number of ether oxygens (including phenoxy) is 1. The molecule has 0 bridgehead atoms. The molecule has 1 aliphatic rings. The Hall–Kier alpha value is -4.31. The first-order valence-corrected chi connectivity index (χ1v) is 12.6. The van der Waals surface area contributed by atoms with Crippen molar-refractivity contribution in [2.24, 2.45) is 0 Å². The molecule has 0 saturated carbocycles. The number of nitrogen functional groups attached to an aromatic ring is 2. The van der Waals surface area contributed by atoms with Crippen LogP contribution in [0.5, 0.6) is 5.75 Å².